The summed E-state index contributed by atoms with van der Waals surface area (Å²) in [5, 5.41) is 0. The van der Waals surface area contributed by atoms with Crippen molar-refractivity contribution in [2.24, 2.45) is 5.73 Å². The van der Waals surface area contributed by atoms with Crippen LogP contribution in [0.1, 0.15) is 15.9 Å². The number of oxazole rings is 1. The largest absolute Gasteiger partial charge is 0.445 e. The highest BCUT2D eigenvalue weighted by Gasteiger charge is 2.13. The highest BCUT2D eigenvalue weighted by molar-refractivity contribution is 6.00. The Morgan fingerprint density at radius 3 is 2.67 bits per heavy atom. The number of nitrogens with two attached hydrogens (primary N) is 1. The molecule has 0 radical (unpaired) electrons. The van der Waals surface area contributed by atoms with Gasteiger partial charge in [-0.25, -0.2) is 4.98 Å². The van der Waals surface area contributed by atoms with Gasteiger partial charge in [-0.05, 0) is 41.8 Å². The lowest BCUT2D eigenvalue weighted by Gasteiger charge is -2.11. The molecule has 0 saturated carbocycles. The van der Waals surface area contributed by atoms with E-state index in [4.69, 9.17) is 10.2 Å². The van der Waals surface area contributed by atoms with E-state index in [1.165, 1.54) is 6.26 Å². The number of aromatic nitrogens is 1. The lowest BCUT2D eigenvalue weighted by molar-refractivity contribution is 0.100. The fraction of sp³-hybridized carbons (Fsp3) is 0.0588. The molecule has 4 nitrogen and oxygen atoms in total. The van der Waals surface area contributed by atoms with Crippen molar-refractivity contribution in [3.63, 3.8) is 0 Å². The van der Waals surface area contributed by atoms with E-state index in [0.717, 1.165) is 22.3 Å². The van der Waals surface area contributed by atoms with Crippen molar-refractivity contribution in [2.45, 2.75) is 6.92 Å². The van der Waals surface area contributed by atoms with E-state index < -0.39 is 5.91 Å². The molecule has 1 amide bonds. The van der Waals surface area contributed by atoms with E-state index in [1.54, 1.807) is 18.3 Å². The van der Waals surface area contributed by atoms with Gasteiger partial charge >= 0.3 is 0 Å². The van der Waals surface area contributed by atoms with E-state index in [0.29, 0.717) is 11.5 Å². The summed E-state index contributed by atoms with van der Waals surface area (Å²) < 4.78 is 5.33. The van der Waals surface area contributed by atoms with Crippen molar-refractivity contribution in [1.82, 2.24) is 4.98 Å². The summed E-state index contributed by atoms with van der Waals surface area (Å²) in [4.78, 5) is 15.8. The van der Waals surface area contributed by atoms with Crippen molar-refractivity contribution in [1.29, 1.82) is 0 Å². The van der Waals surface area contributed by atoms with Crippen molar-refractivity contribution < 1.29 is 9.21 Å². The first kappa shape index (κ1) is 13.1. The van der Waals surface area contributed by atoms with Gasteiger partial charge in [0.1, 0.15) is 6.26 Å². The van der Waals surface area contributed by atoms with Gasteiger partial charge in [0, 0.05) is 11.1 Å². The molecule has 2 N–H and O–H groups in total. The molecule has 0 spiro atoms. The molecule has 0 atom stereocenters. The van der Waals surface area contributed by atoms with Crippen molar-refractivity contribution in [3.8, 4) is 22.6 Å². The van der Waals surface area contributed by atoms with Gasteiger partial charge in [0.25, 0.3) is 0 Å². The lowest BCUT2D eigenvalue weighted by atomic mass is 9.94. The van der Waals surface area contributed by atoms with Gasteiger partial charge in [-0.2, -0.15) is 0 Å². The van der Waals surface area contributed by atoms with Crippen LogP contribution in [0, 0.1) is 6.92 Å². The summed E-state index contributed by atoms with van der Waals surface area (Å²) in [6, 6.07) is 13.2. The van der Waals surface area contributed by atoms with E-state index in [1.807, 2.05) is 37.3 Å². The van der Waals surface area contributed by atoms with Crippen LogP contribution in [0.5, 0.6) is 0 Å². The Morgan fingerprint density at radius 1 is 1.14 bits per heavy atom. The molecule has 3 aromatic rings. The number of hydrogen-bond acceptors (Lipinski definition) is 3. The van der Waals surface area contributed by atoms with Crippen LogP contribution < -0.4 is 5.73 Å². The van der Waals surface area contributed by atoms with E-state index in [9.17, 15) is 4.79 Å². The fourth-order valence-corrected chi connectivity index (χ4v) is 2.34. The van der Waals surface area contributed by atoms with Crippen LogP contribution in [0.4, 0.5) is 0 Å². The number of primary amides is 1. The van der Waals surface area contributed by atoms with Crippen LogP contribution in [-0.4, -0.2) is 10.9 Å². The van der Waals surface area contributed by atoms with Gasteiger partial charge in [-0.3, -0.25) is 4.79 Å². The van der Waals surface area contributed by atoms with Crippen LogP contribution in [-0.2, 0) is 0 Å². The molecule has 4 heteroatoms. The number of carbonyl (C=O) groups excluding carboxylic acids is 1. The van der Waals surface area contributed by atoms with Gasteiger partial charge in [-0.15, -0.1) is 0 Å². The van der Waals surface area contributed by atoms with Crippen LogP contribution in [0.15, 0.2) is 59.3 Å². The van der Waals surface area contributed by atoms with Gasteiger partial charge in [0.05, 0.1) is 6.20 Å². The summed E-state index contributed by atoms with van der Waals surface area (Å²) in [5.74, 6) is 0.110. The van der Waals surface area contributed by atoms with Crippen molar-refractivity contribution in [2.75, 3.05) is 0 Å². The maximum atomic E-state index is 11.6. The van der Waals surface area contributed by atoms with Gasteiger partial charge < -0.3 is 10.2 Å². The Morgan fingerprint density at radius 2 is 1.95 bits per heavy atom. The third-order valence-corrected chi connectivity index (χ3v) is 3.40. The molecular weight excluding hydrogens is 264 g/mol. The SMILES string of the molecule is Cc1ccc(-c2ncco2)cc1-c1ccccc1C(N)=O. The number of benzene rings is 2. The maximum absolute atomic E-state index is 11.6. The number of nitrogens with zero attached hydrogens (tertiary/aromatic N) is 1. The first-order valence-corrected chi connectivity index (χ1v) is 6.56. The van der Waals surface area contributed by atoms with Gasteiger partial charge in [0.15, 0.2) is 0 Å². The fourth-order valence-electron chi connectivity index (χ4n) is 2.34. The topological polar surface area (TPSA) is 69.1 Å². The minimum absolute atomic E-state index is 0.438. The van der Waals surface area contributed by atoms with Crippen molar-refractivity contribution >= 4 is 5.91 Å². The molecule has 0 aliphatic heterocycles. The second kappa shape index (κ2) is 5.25. The molecule has 1 heterocycles. The molecule has 3 rings (SSSR count). The summed E-state index contributed by atoms with van der Waals surface area (Å²) in [5.41, 5.74) is 9.65. The minimum atomic E-state index is -0.438. The smallest absolute Gasteiger partial charge is 0.249 e. The molecule has 21 heavy (non-hydrogen) atoms. The number of rotatable bonds is 3. The zero-order chi connectivity index (χ0) is 14.8. The van der Waals surface area contributed by atoms with Gasteiger partial charge in [-0.1, -0.05) is 24.3 Å². The first-order valence-electron chi connectivity index (χ1n) is 6.56. The Balaban J connectivity index is 2.19. The highest BCUT2D eigenvalue weighted by atomic mass is 16.3. The molecule has 0 fully saturated rings. The second-order valence-corrected chi connectivity index (χ2v) is 4.78. The number of hydrogen-bond donors (Lipinski definition) is 1. The average Bonchev–Trinajstić information content (AvgIpc) is 3.02. The third kappa shape index (κ3) is 2.43. The molecule has 104 valence electrons. The minimum Gasteiger partial charge on any atom is -0.445 e. The Bertz CT molecular complexity index is 792. The van der Waals surface area contributed by atoms with Crippen LogP contribution in [0.25, 0.3) is 22.6 Å². The Hall–Kier alpha value is -2.88. The van der Waals surface area contributed by atoms with E-state index in [-0.39, 0.29) is 0 Å². The predicted molar refractivity (Wildman–Crippen MR) is 80.6 cm³/mol. The monoisotopic (exact) mass is 278 g/mol. The molecule has 0 aliphatic rings. The number of amides is 1. The van der Waals surface area contributed by atoms with Gasteiger partial charge in [0.2, 0.25) is 11.8 Å². The van der Waals surface area contributed by atoms with Crippen LogP contribution in [0.3, 0.4) is 0 Å². The predicted octanol–water partition coefficient (Wildman–Crippen LogP) is 3.42. The molecule has 0 unspecified atom stereocenters. The van der Waals surface area contributed by atoms with E-state index in [2.05, 4.69) is 4.98 Å². The van der Waals surface area contributed by atoms with Crippen LogP contribution in [0.2, 0.25) is 0 Å². The number of aryl methyl sites for hydroxylation is 1. The van der Waals surface area contributed by atoms with Crippen molar-refractivity contribution in [3.05, 3.63) is 66.1 Å². The first-order chi connectivity index (χ1) is 10.2. The summed E-state index contributed by atoms with van der Waals surface area (Å²) in [6.45, 7) is 1.99. The molecule has 1 aromatic heterocycles. The highest BCUT2D eigenvalue weighted by Crippen LogP contribution is 2.30. The lowest BCUT2D eigenvalue weighted by Crippen LogP contribution is -2.12. The average molecular weight is 278 g/mol. The zero-order valence-corrected chi connectivity index (χ0v) is 11.5. The maximum Gasteiger partial charge on any atom is 0.249 e. The second-order valence-electron chi connectivity index (χ2n) is 4.78. The summed E-state index contributed by atoms with van der Waals surface area (Å²) >= 11 is 0. The molecule has 2 aromatic carbocycles. The van der Waals surface area contributed by atoms with E-state index >= 15 is 0 Å². The Kier molecular flexibility index (Phi) is 3.28. The molecule has 0 saturated heterocycles. The molecular formula is C17H14N2O2. The standard InChI is InChI=1S/C17H14N2O2/c1-11-6-7-12(17-19-8-9-21-17)10-15(11)13-4-2-3-5-14(13)16(18)20/h2-10H,1H3,(H2,18,20). The quantitative estimate of drug-likeness (QED) is 0.798. The molecule has 0 bridgehead atoms. The summed E-state index contributed by atoms with van der Waals surface area (Å²) in [7, 11) is 0. The summed E-state index contributed by atoms with van der Waals surface area (Å²) in [6.07, 6.45) is 3.14. The molecule has 0 aliphatic carbocycles. The Labute approximate surface area is 122 Å². The third-order valence-electron chi connectivity index (χ3n) is 3.40. The number of carbonyl (C=O) groups is 1. The van der Waals surface area contributed by atoms with Crippen LogP contribution >= 0.6 is 0 Å². The normalized spacial score (nSPS) is 10.5. The zero-order valence-electron chi connectivity index (χ0n) is 11.5.